The molecule has 0 amide bonds. The van der Waals surface area contributed by atoms with Crippen LogP contribution >= 0.6 is 0 Å². The van der Waals surface area contributed by atoms with Crippen molar-refractivity contribution in [1.29, 1.82) is 0 Å². The molecule has 0 aliphatic carbocycles. The average molecular weight is 435 g/mol. The Bertz CT molecular complexity index is 961. The van der Waals surface area contributed by atoms with E-state index in [4.69, 9.17) is 15.2 Å². The van der Waals surface area contributed by atoms with Crippen LogP contribution in [0.1, 0.15) is 59.8 Å². The second-order valence-electron chi connectivity index (χ2n) is 8.95. The van der Waals surface area contributed by atoms with Crippen LogP contribution < -0.4 is 16.2 Å². The Balaban J connectivity index is 1.67. The largest absolute Gasteiger partial charge is 0.463 e. The minimum atomic E-state index is -0.501. The number of aromatic amines is 1. The van der Waals surface area contributed by atoms with E-state index in [9.17, 15) is 9.59 Å². The summed E-state index contributed by atoms with van der Waals surface area (Å²) in [7, 11) is 0. The molecule has 1 fully saturated rings. The van der Waals surface area contributed by atoms with Crippen molar-refractivity contribution in [3.63, 3.8) is 0 Å². The van der Waals surface area contributed by atoms with Crippen molar-refractivity contribution in [3.8, 4) is 6.01 Å². The van der Waals surface area contributed by atoms with Gasteiger partial charge in [0.05, 0.1) is 6.61 Å². The van der Waals surface area contributed by atoms with Crippen LogP contribution in [-0.4, -0.2) is 61.7 Å². The number of aromatic nitrogens is 4. The zero-order chi connectivity index (χ0) is 22.6. The van der Waals surface area contributed by atoms with Gasteiger partial charge in [-0.25, -0.2) is 4.79 Å². The summed E-state index contributed by atoms with van der Waals surface area (Å²) < 4.78 is 12.7. The number of carbonyl (C=O) groups is 1. The Morgan fingerprint density at radius 1 is 1.26 bits per heavy atom. The lowest BCUT2D eigenvalue weighted by molar-refractivity contribution is -0.160. The number of likely N-dealkylation sites (tertiary alicyclic amines) is 1. The summed E-state index contributed by atoms with van der Waals surface area (Å²) in [5.41, 5.74) is 6.07. The molecule has 3 N–H and O–H groups in total. The Morgan fingerprint density at radius 3 is 2.74 bits per heavy atom. The lowest BCUT2D eigenvalue weighted by Crippen LogP contribution is -2.41. The van der Waals surface area contributed by atoms with Gasteiger partial charge in [-0.1, -0.05) is 13.3 Å². The number of imidazole rings is 1. The number of hydrogen-bond donors (Lipinski definition) is 2. The molecule has 0 aromatic carbocycles. The summed E-state index contributed by atoms with van der Waals surface area (Å²) in [6, 6.07) is -0.0498. The Labute approximate surface area is 182 Å². The van der Waals surface area contributed by atoms with Gasteiger partial charge in [0.25, 0.3) is 0 Å². The molecular formula is C21H34N6O4. The van der Waals surface area contributed by atoms with Gasteiger partial charge in [-0.05, 0) is 53.0 Å². The van der Waals surface area contributed by atoms with Crippen molar-refractivity contribution in [2.45, 2.75) is 78.0 Å². The van der Waals surface area contributed by atoms with E-state index in [1.54, 1.807) is 4.57 Å². The number of unbranched alkanes of at least 4 members (excludes halogenated alkanes) is 1. The van der Waals surface area contributed by atoms with E-state index in [-0.39, 0.29) is 29.5 Å². The van der Waals surface area contributed by atoms with Crippen LogP contribution in [0.4, 0.5) is 5.82 Å². The van der Waals surface area contributed by atoms with Crippen LogP contribution in [0.5, 0.6) is 6.01 Å². The van der Waals surface area contributed by atoms with E-state index in [1.807, 2.05) is 20.8 Å². The number of nitrogens with zero attached hydrogens (tertiary/aromatic N) is 4. The molecule has 2 aromatic rings. The van der Waals surface area contributed by atoms with Crippen molar-refractivity contribution in [3.05, 3.63) is 10.5 Å². The highest BCUT2D eigenvalue weighted by Crippen LogP contribution is 2.22. The van der Waals surface area contributed by atoms with E-state index in [2.05, 4.69) is 26.8 Å². The fourth-order valence-electron chi connectivity index (χ4n) is 3.77. The smallest absolute Gasteiger partial charge is 0.327 e. The normalized spacial score (nSPS) is 17.4. The van der Waals surface area contributed by atoms with Crippen LogP contribution in [0, 0.1) is 0 Å². The lowest BCUT2D eigenvalue weighted by Gasteiger charge is -2.27. The number of esters is 1. The van der Waals surface area contributed by atoms with Gasteiger partial charge in [-0.15, -0.1) is 0 Å². The van der Waals surface area contributed by atoms with E-state index in [1.165, 1.54) is 0 Å². The molecule has 1 atom stereocenters. The molecule has 31 heavy (non-hydrogen) atoms. The Hall–Kier alpha value is -2.62. The van der Waals surface area contributed by atoms with E-state index in [0.717, 1.165) is 32.2 Å². The summed E-state index contributed by atoms with van der Waals surface area (Å²) >= 11 is 0. The molecule has 2 aromatic heterocycles. The molecule has 1 aliphatic rings. The molecule has 0 bridgehead atoms. The van der Waals surface area contributed by atoms with Crippen molar-refractivity contribution in [2.24, 2.45) is 0 Å². The third kappa shape index (κ3) is 5.75. The molecule has 3 rings (SSSR count). The predicted molar refractivity (Wildman–Crippen MR) is 118 cm³/mol. The third-order valence-electron chi connectivity index (χ3n) is 5.23. The number of fused-ring (bicyclic) bond motifs is 1. The van der Waals surface area contributed by atoms with E-state index >= 15 is 0 Å². The number of ether oxygens (including phenoxy) is 2. The van der Waals surface area contributed by atoms with Gasteiger partial charge in [0.2, 0.25) is 0 Å². The van der Waals surface area contributed by atoms with Gasteiger partial charge < -0.3 is 20.2 Å². The van der Waals surface area contributed by atoms with Gasteiger partial charge >= 0.3 is 17.7 Å². The monoisotopic (exact) mass is 434 g/mol. The van der Waals surface area contributed by atoms with Gasteiger partial charge in [-0.2, -0.15) is 9.97 Å². The van der Waals surface area contributed by atoms with Gasteiger partial charge in [-0.3, -0.25) is 14.3 Å². The molecule has 172 valence electrons. The van der Waals surface area contributed by atoms with Crippen LogP contribution in [-0.2, 0) is 16.1 Å². The van der Waals surface area contributed by atoms with Gasteiger partial charge in [0, 0.05) is 13.1 Å². The molecular weight excluding hydrogens is 400 g/mol. The molecule has 1 unspecified atom stereocenters. The number of nitrogens with one attached hydrogen (secondary N) is 1. The first-order valence-electron chi connectivity index (χ1n) is 11.1. The summed E-state index contributed by atoms with van der Waals surface area (Å²) in [5.74, 6) is 0.0144. The highest BCUT2D eigenvalue weighted by Gasteiger charge is 2.33. The van der Waals surface area contributed by atoms with Crippen molar-refractivity contribution in [1.82, 2.24) is 24.4 Å². The maximum absolute atomic E-state index is 12.5. The van der Waals surface area contributed by atoms with E-state index in [0.29, 0.717) is 37.3 Å². The SMILES string of the molecule is CCCCOc1nc(N)c2[nH]c(=O)n(CCCN3CCCC3C(=O)OC(C)(C)C)c2n1. The minimum absolute atomic E-state index is 0.177. The fraction of sp³-hybridized carbons (Fsp3) is 0.714. The maximum atomic E-state index is 12.5. The topological polar surface area (TPSA) is 128 Å². The Kier molecular flexibility index (Phi) is 7.19. The zero-order valence-corrected chi connectivity index (χ0v) is 18.9. The zero-order valence-electron chi connectivity index (χ0n) is 18.9. The van der Waals surface area contributed by atoms with Crippen LogP contribution in [0.3, 0.4) is 0 Å². The highest BCUT2D eigenvalue weighted by atomic mass is 16.6. The molecule has 1 saturated heterocycles. The lowest BCUT2D eigenvalue weighted by atomic mass is 10.1. The summed E-state index contributed by atoms with van der Waals surface area (Å²) in [6.45, 7) is 10.2. The molecule has 0 spiro atoms. The number of hydrogen-bond acceptors (Lipinski definition) is 8. The van der Waals surface area contributed by atoms with Crippen molar-refractivity contribution in [2.75, 3.05) is 25.4 Å². The van der Waals surface area contributed by atoms with Crippen molar-refractivity contribution < 1.29 is 14.3 Å². The number of rotatable bonds is 9. The first kappa shape index (κ1) is 23.1. The number of H-pyrrole nitrogens is 1. The highest BCUT2D eigenvalue weighted by molar-refractivity contribution is 5.81. The van der Waals surface area contributed by atoms with Gasteiger partial charge in [0.1, 0.15) is 17.2 Å². The first-order chi connectivity index (χ1) is 14.7. The number of nitrogen functional groups attached to an aromatic ring is 1. The fourth-order valence-corrected chi connectivity index (χ4v) is 3.77. The Morgan fingerprint density at radius 2 is 2.03 bits per heavy atom. The number of anilines is 1. The molecule has 10 nitrogen and oxygen atoms in total. The molecule has 10 heteroatoms. The number of carbonyl (C=O) groups excluding carboxylic acids is 1. The summed E-state index contributed by atoms with van der Waals surface area (Å²) in [5, 5.41) is 0. The number of aryl methyl sites for hydroxylation is 1. The van der Waals surface area contributed by atoms with Gasteiger partial charge in [0.15, 0.2) is 11.5 Å². The molecule has 0 radical (unpaired) electrons. The summed E-state index contributed by atoms with van der Waals surface area (Å²) in [6.07, 6.45) is 4.31. The second-order valence-corrected chi connectivity index (χ2v) is 8.95. The van der Waals surface area contributed by atoms with Crippen LogP contribution in [0.15, 0.2) is 4.79 Å². The first-order valence-corrected chi connectivity index (χ1v) is 11.1. The van der Waals surface area contributed by atoms with Crippen molar-refractivity contribution >= 4 is 23.0 Å². The quantitative estimate of drug-likeness (QED) is 0.453. The number of nitrogens with two attached hydrogens (primary N) is 1. The molecule has 1 aliphatic heterocycles. The molecule has 3 heterocycles. The second kappa shape index (κ2) is 9.67. The van der Waals surface area contributed by atoms with E-state index < -0.39 is 5.60 Å². The molecule has 0 saturated carbocycles. The maximum Gasteiger partial charge on any atom is 0.327 e. The standard InChI is InChI=1S/C21H34N6O4/c1-5-6-13-30-19-24-16(22)15-17(25-19)27(20(29)23-15)12-8-11-26-10-7-9-14(26)18(28)31-21(2,3)4/h14H,5-13H2,1-4H3,(H,23,29)(H2,22,24,25). The average Bonchev–Trinajstić information content (AvgIpc) is 3.26. The minimum Gasteiger partial charge on any atom is -0.463 e. The van der Waals surface area contributed by atoms with Crippen LogP contribution in [0.2, 0.25) is 0 Å². The summed E-state index contributed by atoms with van der Waals surface area (Å²) in [4.78, 5) is 38.4. The third-order valence-corrected chi connectivity index (χ3v) is 5.23. The van der Waals surface area contributed by atoms with Crippen LogP contribution in [0.25, 0.3) is 11.2 Å². The predicted octanol–water partition coefficient (Wildman–Crippen LogP) is 2.08.